The first-order valence-electron chi connectivity index (χ1n) is 8.90. The number of fused-ring (bicyclic) bond motifs is 2. The maximum Gasteiger partial charge on any atom is 0.208 e. The Kier molecular flexibility index (Phi) is 4.77. The fraction of sp³-hybridized carbons (Fsp3) is 0.250. The van der Waals surface area contributed by atoms with Gasteiger partial charge in [-0.3, -0.25) is 4.98 Å². The van der Waals surface area contributed by atoms with Crippen molar-refractivity contribution in [2.24, 2.45) is 5.92 Å². The summed E-state index contributed by atoms with van der Waals surface area (Å²) in [5.41, 5.74) is 1.82. The molecular weight excluding hydrogens is 401 g/mol. The molecule has 8 heteroatoms. The van der Waals surface area contributed by atoms with Crippen LogP contribution in [-0.2, 0) is 9.84 Å². The van der Waals surface area contributed by atoms with Crippen LogP contribution in [0.15, 0.2) is 64.5 Å². The van der Waals surface area contributed by atoms with Gasteiger partial charge in [-0.25, -0.2) is 12.8 Å². The van der Waals surface area contributed by atoms with Crippen molar-refractivity contribution in [3.05, 3.63) is 60.5 Å². The van der Waals surface area contributed by atoms with Crippen LogP contribution in [0, 0.1) is 11.7 Å². The van der Waals surface area contributed by atoms with E-state index in [4.69, 9.17) is 0 Å². The van der Waals surface area contributed by atoms with Crippen LogP contribution in [0.25, 0.3) is 10.9 Å². The zero-order chi connectivity index (χ0) is 18.6. The molecule has 146 valence electrons. The lowest BCUT2D eigenvalue weighted by Crippen LogP contribution is -2.51. The number of anilines is 1. The lowest BCUT2D eigenvalue weighted by molar-refractivity contribution is 0.297. The average Bonchev–Trinajstić information content (AvgIpc) is 2.95. The molecule has 0 spiro atoms. The van der Waals surface area contributed by atoms with Gasteiger partial charge < -0.3 is 10.2 Å². The van der Waals surface area contributed by atoms with Crippen molar-refractivity contribution in [1.29, 1.82) is 0 Å². The van der Waals surface area contributed by atoms with Gasteiger partial charge in [-0.2, -0.15) is 0 Å². The number of nitrogens with zero attached hydrogens (tertiary/aromatic N) is 2. The molecule has 0 unspecified atom stereocenters. The summed E-state index contributed by atoms with van der Waals surface area (Å²) in [5, 5.41) is 4.20. The van der Waals surface area contributed by atoms with Gasteiger partial charge in [0.15, 0.2) is 0 Å². The fourth-order valence-corrected chi connectivity index (χ4v) is 5.22. The van der Waals surface area contributed by atoms with E-state index < -0.39 is 15.7 Å². The Balaban J connectivity index is 0.00000192. The number of pyridine rings is 1. The Hall–Kier alpha value is -2.22. The molecule has 3 aromatic rings. The fourth-order valence-electron chi connectivity index (χ4n) is 3.95. The molecule has 0 amide bonds. The maximum atomic E-state index is 13.5. The van der Waals surface area contributed by atoms with Gasteiger partial charge in [-0.15, -0.1) is 12.4 Å². The number of nitrogens with one attached hydrogen (secondary N) is 1. The average molecular weight is 420 g/mol. The molecule has 0 saturated carbocycles. The van der Waals surface area contributed by atoms with Gasteiger partial charge in [0.1, 0.15) is 5.82 Å². The second kappa shape index (κ2) is 6.99. The third kappa shape index (κ3) is 3.03. The van der Waals surface area contributed by atoms with E-state index in [1.54, 1.807) is 6.07 Å². The minimum atomic E-state index is -3.82. The summed E-state index contributed by atoms with van der Waals surface area (Å²) in [6, 6.07) is 13.0. The summed E-state index contributed by atoms with van der Waals surface area (Å²) in [7, 11) is -3.82. The summed E-state index contributed by atoms with van der Waals surface area (Å²) in [6.07, 6.45) is 1.37. The molecule has 5 rings (SSSR count). The number of sulfone groups is 1. The molecule has 0 aliphatic carbocycles. The topological polar surface area (TPSA) is 62.3 Å². The van der Waals surface area contributed by atoms with E-state index in [9.17, 15) is 12.8 Å². The predicted molar refractivity (Wildman–Crippen MR) is 108 cm³/mol. The van der Waals surface area contributed by atoms with Crippen molar-refractivity contribution in [2.45, 2.75) is 15.8 Å². The van der Waals surface area contributed by atoms with Crippen LogP contribution in [0.3, 0.4) is 0 Å². The molecule has 2 saturated heterocycles. The number of rotatable bonds is 3. The van der Waals surface area contributed by atoms with Crippen molar-refractivity contribution in [3.8, 4) is 0 Å². The molecule has 2 aliphatic rings. The molecule has 1 aromatic heterocycles. The molecule has 5 nitrogen and oxygen atoms in total. The third-order valence-electron chi connectivity index (χ3n) is 5.51. The SMILES string of the molecule is Cl.O=S(=O)(c1cccc(F)c1)c1cnc2c(N3C[C@H]4CN[C@H]4C3)cccc2c1. The van der Waals surface area contributed by atoms with Gasteiger partial charge in [0.05, 0.1) is 21.0 Å². The molecule has 2 aromatic carbocycles. The van der Waals surface area contributed by atoms with Crippen molar-refractivity contribution >= 4 is 38.8 Å². The normalized spacial score (nSPS) is 21.1. The highest BCUT2D eigenvalue weighted by molar-refractivity contribution is 7.91. The molecule has 0 radical (unpaired) electrons. The first kappa shape index (κ1) is 19.1. The summed E-state index contributed by atoms with van der Waals surface area (Å²) >= 11 is 0. The van der Waals surface area contributed by atoms with E-state index in [1.165, 1.54) is 24.4 Å². The molecule has 1 N–H and O–H groups in total. The summed E-state index contributed by atoms with van der Waals surface area (Å²) in [4.78, 5) is 6.79. The van der Waals surface area contributed by atoms with Crippen molar-refractivity contribution in [3.63, 3.8) is 0 Å². The number of hydrogen-bond donors (Lipinski definition) is 1. The Morgan fingerprint density at radius 1 is 1.07 bits per heavy atom. The standard InChI is InChI=1S/C20H18FN3O2S.ClH/c21-15-4-2-5-16(8-15)27(25,26)17-7-13-3-1-6-19(20(13)23-10-17)24-11-14-9-22-18(14)12-24;/h1-8,10,14,18,22H,9,11-12H2;1H/t14-,18+;/m1./s1. The quantitative estimate of drug-likeness (QED) is 0.707. The minimum absolute atomic E-state index is 0. The lowest BCUT2D eigenvalue weighted by atomic mass is 9.96. The van der Waals surface area contributed by atoms with E-state index in [-0.39, 0.29) is 22.2 Å². The molecule has 2 fully saturated rings. The lowest BCUT2D eigenvalue weighted by Gasteiger charge is -2.29. The zero-order valence-electron chi connectivity index (χ0n) is 14.9. The summed E-state index contributed by atoms with van der Waals surface area (Å²) in [5.74, 6) is 0.0947. The van der Waals surface area contributed by atoms with Crippen LogP contribution in [-0.4, -0.2) is 39.1 Å². The molecule has 0 bridgehead atoms. The highest BCUT2D eigenvalue weighted by Gasteiger charge is 2.39. The van der Waals surface area contributed by atoms with Crippen molar-refractivity contribution < 1.29 is 12.8 Å². The second-order valence-corrected chi connectivity index (χ2v) is 9.11. The van der Waals surface area contributed by atoms with Crippen LogP contribution < -0.4 is 10.2 Å². The van der Waals surface area contributed by atoms with Gasteiger partial charge in [-0.05, 0) is 30.3 Å². The molecule has 28 heavy (non-hydrogen) atoms. The molecule has 2 aliphatic heterocycles. The number of aromatic nitrogens is 1. The van der Waals surface area contributed by atoms with E-state index in [1.807, 2.05) is 18.2 Å². The van der Waals surface area contributed by atoms with E-state index in [0.717, 1.165) is 42.3 Å². The first-order chi connectivity index (χ1) is 13.0. The number of benzene rings is 2. The van der Waals surface area contributed by atoms with Crippen LogP contribution >= 0.6 is 12.4 Å². The third-order valence-corrected chi connectivity index (χ3v) is 7.22. The Morgan fingerprint density at radius 2 is 1.89 bits per heavy atom. The highest BCUT2D eigenvalue weighted by Crippen LogP contribution is 2.33. The zero-order valence-corrected chi connectivity index (χ0v) is 16.5. The first-order valence-corrected chi connectivity index (χ1v) is 10.4. The van der Waals surface area contributed by atoms with Crippen molar-refractivity contribution in [2.75, 3.05) is 24.5 Å². The number of para-hydroxylation sites is 1. The van der Waals surface area contributed by atoms with E-state index >= 15 is 0 Å². The van der Waals surface area contributed by atoms with Gasteiger partial charge >= 0.3 is 0 Å². The highest BCUT2D eigenvalue weighted by atomic mass is 35.5. The Labute approximate surface area is 168 Å². The van der Waals surface area contributed by atoms with Crippen molar-refractivity contribution in [1.82, 2.24) is 10.3 Å². The van der Waals surface area contributed by atoms with E-state index in [2.05, 4.69) is 15.2 Å². The summed E-state index contributed by atoms with van der Waals surface area (Å²) < 4.78 is 39.1. The summed E-state index contributed by atoms with van der Waals surface area (Å²) in [6.45, 7) is 2.98. The second-order valence-electron chi connectivity index (χ2n) is 7.16. The van der Waals surface area contributed by atoms with Crippen LogP contribution in [0.4, 0.5) is 10.1 Å². The van der Waals surface area contributed by atoms with E-state index in [0.29, 0.717) is 12.0 Å². The maximum absolute atomic E-state index is 13.5. The molecule has 2 atom stereocenters. The molecule has 3 heterocycles. The van der Waals surface area contributed by atoms with Crippen LogP contribution in [0.1, 0.15) is 0 Å². The van der Waals surface area contributed by atoms with Crippen LogP contribution in [0.2, 0.25) is 0 Å². The van der Waals surface area contributed by atoms with Gasteiger partial charge in [-0.1, -0.05) is 18.2 Å². The van der Waals surface area contributed by atoms with Gasteiger partial charge in [0, 0.05) is 43.2 Å². The monoisotopic (exact) mass is 419 g/mol. The number of hydrogen-bond acceptors (Lipinski definition) is 5. The Morgan fingerprint density at radius 3 is 2.57 bits per heavy atom. The van der Waals surface area contributed by atoms with Crippen LogP contribution in [0.5, 0.6) is 0 Å². The van der Waals surface area contributed by atoms with Gasteiger partial charge in [0.25, 0.3) is 0 Å². The largest absolute Gasteiger partial charge is 0.368 e. The minimum Gasteiger partial charge on any atom is -0.368 e. The number of halogens is 2. The molecular formula is C20H19ClFN3O2S. The smallest absolute Gasteiger partial charge is 0.208 e. The predicted octanol–water partition coefficient (Wildman–Crippen LogP) is 3.04. The Bertz CT molecular complexity index is 1140. The van der Waals surface area contributed by atoms with Gasteiger partial charge in [0.2, 0.25) is 9.84 Å².